The van der Waals surface area contributed by atoms with Crippen molar-refractivity contribution in [1.29, 1.82) is 0 Å². The number of carbonyl (C=O) groups is 1. The van der Waals surface area contributed by atoms with Crippen molar-refractivity contribution >= 4 is 5.91 Å². The van der Waals surface area contributed by atoms with Crippen LogP contribution in [0.3, 0.4) is 0 Å². The van der Waals surface area contributed by atoms with Gasteiger partial charge in [-0.2, -0.15) is 0 Å². The van der Waals surface area contributed by atoms with Crippen molar-refractivity contribution in [3.8, 4) is 16.9 Å². The Labute approximate surface area is 184 Å². The fourth-order valence-electron chi connectivity index (χ4n) is 4.18. The van der Waals surface area contributed by atoms with E-state index in [-0.39, 0.29) is 11.8 Å². The Kier molecular flexibility index (Phi) is 6.63. The van der Waals surface area contributed by atoms with E-state index >= 15 is 0 Å². The Hall–Kier alpha value is -3.18. The summed E-state index contributed by atoms with van der Waals surface area (Å²) >= 11 is 0. The van der Waals surface area contributed by atoms with Crippen LogP contribution in [-0.4, -0.2) is 54.5 Å². The third-order valence-corrected chi connectivity index (χ3v) is 5.88. The number of aromatic nitrogens is 1. The summed E-state index contributed by atoms with van der Waals surface area (Å²) in [5.74, 6) is 0.987. The zero-order valence-corrected chi connectivity index (χ0v) is 18.2. The van der Waals surface area contributed by atoms with Gasteiger partial charge in [0.05, 0.1) is 18.7 Å². The van der Waals surface area contributed by atoms with Gasteiger partial charge in [0.1, 0.15) is 5.75 Å². The predicted molar refractivity (Wildman–Crippen MR) is 123 cm³/mol. The van der Waals surface area contributed by atoms with Crippen LogP contribution in [0.1, 0.15) is 11.3 Å². The number of ether oxygens (including phenoxy) is 1. The van der Waals surface area contributed by atoms with Gasteiger partial charge in [0.15, 0.2) is 0 Å². The second kappa shape index (κ2) is 9.75. The van der Waals surface area contributed by atoms with Gasteiger partial charge in [-0.15, -0.1) is 0 Å². The number of pyridine rings is 1. The molecule has 5 nitrogen and oxygen atoms in total. The van der Waals surface area contributed by atoms with E-state index in [4.69, 9.17) is 4.74 Å². The molecule has 4 rings (SSSR count). The van der Waals surface area contributed by atoms with E-state index in [1.165, 1.54) is 5.56 Å². The maximum atomic E-state index is 13.1. The molecule has 0 saturated carbocycles. The third-order valence-electron chi connectivity index (χ3n) is 5.88. The monoisotopic (exact) mass is 415 g/mol. The number of hydrogen-bond acceptors (Lipinski definition) is 4. The average Bonchev–Trinajstić information content (AvgIpc) is 2.94. The molecule has 1 aliphatic heterocycles. The van der Waals surface area contributed by atoms with E-state index in [2.05, 4.69) is 40.2 Å². The zero-order valence-electron chi connectivity index (χ0n) is 18.2. The molecule has 1 fully saturated rings. The normalized spacial score (nSPS) is 17.4. The number of nitrogens with zero attached hydrogens (tertiary/aromatic N) is 3. The van der Waals surface area contributed by atoms with Crippen molar-refractivity contribution in [3.63, 3.8) is 0 Å². The van der Waals surface area contributed by atoms with Gasteiger partial charge in [0.2, 0.25) is 5.91 Å². The van der Waals surface area contributed by atoms with Gasteiger partial charge in [0.25, 0.3) is 0 Å². The summed E-state index contributed by atoms with van der Waals surface area (Å²) in [6, 6.07) is 22.5. The molecule has 0 bridgehead atoms. The molecule has 160 valence electrons. The quantitative estimate of drug-likeness (QED) is 0.613. The van der Waals surface area contributed by atoms with E-state index in [1.807, 2.05) is 54.5 Å². The van der Waals surface area contributed by atoms with Crippen molar-refractivity contribution in [2.75, 3.05) is 33.8 Å². The minimum Gasteiger partial charge on any atom is -0.497 e. The van der Waals surface area contributed by atoms with Crippen molar-refractivity contribution < 1.29 is 9.53 Å². The summed E-state index contributed by atoms with van der Waals surface area (Å²) < 4.78 is 5.37. The van der Waals surface area contributed by atoms with E-state index in [9.17, 15) is 4.79 Å². The fraction of sp³-hybridized carbons (Fsp3) is 0.308. The van der Waals surface area contributed by atoms with Gasteiger partial charge < -0.3 is 9.64 Å². The number of amides is 1. The first kappa shape index (κ1) is 21.1. The van der Waals surface area contributed by atoms with Crippen LogP contribution in [0, 0.1) is 5.92 Å². The predicted octanol–water partition coefficient (Wildman–Crippen LogP) is 3.89. The summed E-state index contributed by atoms with van der Waals surface area (Å²) in [5, 5.41) is 0. The molecular weight excluding hydrogens is 386 g/mol. The molecule has 0 radical (unpaired) electrons. The van der Waals surface area contributed by atoms with Gasteiger partial charge >= 0.3 is 0 Å². The lowest BCUT2D eigenvalue weighted by molar-refractivity contribution is -0.133. The lowest BCUT2D eigenvalue weighted by Crippen LogP contribution is -2.34. The summed E-state index contributed by atoms with van der Waals surface area (Å²) in [6.07, 6.45) is 2.55. The minimum absolute atomic E-state index is 0.0724. The molecule has 2 aromatic carbocycles. The van der Waals surface area contributed by atoms with Crippen molar-refractivity contribution in [3.05, 3.63) is 84.2 Å². The number of benzene rings is 2. The van der Waals surface area contributed by atoms with Gasteiger partial charge in [0, 0.05) is 39.4 Å². The first-order valence-corrected chi connectivity index (χ1v) is 10.7. The molecule has 2 heterocycles. The Morgan fingerprint density at radius 2 is 1.81 bits per heavy atom. The molecule has 3 aromatic rings. The van der Waals surface area contributed by atoms with E-state index in [0.29, 0.717) is 0 Å². The molecular formula is C26H29N3O2. The van der Waals surface area contributed by atoms with Gasteiger partial charge in [-0.25, -0.2) is 0 Å². The van der Waals surface area contributed by atoms with Crippen LogP contribution in [0.5, 0.6) is 5.75 Å². The number of hydrogen-bond donors (Lipinski definition) is 0. The Balaban J connectivity index is 1.52. The Morgan fingerprint density at radius 3 is 2.58 bits per heavy atom. The summed E-state index contributed by atoms with van der Waals surface area (Å²) in [6.45, 7) is 3.11. The van der Waals surface area contributed by atoms with Gasteiger partial charge in [-0.1, -0.05) is 42.5 Å². The standard InChI is InChI=1S/C26H29N3O2/c1-28-13-14-29(19-24-10-3-4-12-27-24)18-23(26(28)30)16-20-7-5-8-21(15-20)22-9-6-11-25(17-22)31-2/h3-12,15,17,23H,13-14,16,18-19H2,1-2H3/t23-/m1/s1. The maximum absolute atomic E-state index is 13.1. The molecule has 1 aliphatic rings. The molecule has 31 heavy (non-hydrogen) atoms. The molecule has 1 aromatic heterocycles. The van der Waals surface area contributed by atoms with Crippen LogP contribution >= 0.6 is 0 Å². The Morgan fingerprint density at radius 1 is 1.00 bits per heavy atom. The lowest BCUT2D eigenvalue weighted by atomic mass is 9.94. The van der Waals surface area contributed by atoms with Crippen LogP contribution in [-0.2, 0) is 17.8 Å². The minimum atomic E-state index is -0.0724. The lowest BCUT2D eigenvalue weighted by Gasteiger charge is -2.23. The number of rotatable bonds is 6. The second-order valence-corrected chi connectivity index (χ2v) is 8.15. The van der Waals surface area contributed by atoms with E-state index < -0.39 is 0 Å². The highest BCUT2D eigenvalue weighted by atomic mass is 16.5. The van der Waals surface area contributed by atoms with Crippen LogP contribution in [0.15, 0.2) is 72.9 Å². The first-order valence-electron chi connectivity index (χ1n) is 10.7. The van der Waals surface area contributed by atoms with Crippen molar-refractivity contribution in [2.45, 2.75) is 13.0 Å². The molecule has 0 spiro atoms. The SMILES string of the molecule is COc1cccc(-c2cccc(C[C@@H]3CN(Cc4ccccn4)CCN(C)C3=O)c2)c1. The largest absolute Gasteiger partial charge is 0.497 e. The van der Waals surface area contributed by atoms with Crippen LogP contribution in [0.4, 0.5) is 0 Å². The van der Waals surface area contributed by atoms with Gasteiger partial charge in [-0.3, -0.25) is 14.7 Å². The number of carbonyl (C=O) groups excluding carboxylic acids is 1. The summed E-state index contributed by atoms with van der Waals surface area (Å²) in [4.78, 5) is 21.7. The molecule has 0 N–H and O–H groups in total. The van der Waals surface area contributed by atoms with Crippen LogP contribution in [0.2, 0.25) is 0 Å². The fourth-order valence-corrected chi connectivity index (χ4v) is 4.18. The van der Waals surface area contributed by atoms with Crippen LogP contribution < -0.4 is 4.74 Å². The van der Waals surface area contributed by atoms with E-state index in [1.54, 1.807) is 7.11 Å². The highest BCUT2D eigenvalue weighted by Crippen LogP contribution is 2.26. The smallest absolute Gasteiger partial charge is 0.227 e. The third kappa shape index (κ3) is 5.30. The van der Waals surface area contributed by atoms with Crippen LogP contribution in [0.25, 0.3) is 11.1 Å². The summed E-state index contributed by atoms with van der Waals surface area (Å²) in [5.41, 5.74) is 4.46. The number of likely N-dealkylation sites (N-methyl/N-ethyl adjacent to an activating group) is 1. The molecule has 1 saturated heterocycles. The zero-order chi connectivity index (χ0) is 21.6. The first-order chi connectivity index (χ1) is 15.1. The molecule has 1 atom stereocenters. The Bertz CT molecular complexity index is 1020. The van der Waals surface area contributed by atoms with Crippen molar-refractivity contribution in [1.82, 2.24) is 14.8 Å². The van der Waals surface area contributed by atoms with E-state index in [0.717, 1.165) is 55.2 Å². The number of methoxy groups -OCH3 is 1. The average molecular weight is 416 g/mol. The molecule has 5 heteroatoms. The highest BCUT2D eigenvalue weighted by molar-refractivity contribution is 5.79. The topological polar surface area (TPSA) is 45.7 Å². The summed E-state index contributed by atoms with van der Waals surface area (Å²) in [7, 11) is 3.59. The molecule has 0 unspecified atom stereocenters. The molecule has 0 aliphatic carbocycles. The maximum Gasteiger partial charge on any atom is 0.227 e. The highest BCUT2D eigenvalue weighted by Gasteiger charge is 2.28. The molecule has 1 amide bonds. The van der Waals surface area contributed by atoms with Gasteiger partial charge in [-0.05, 0) is 47.4 Å². The van der Waals surface area contributed by atoms with Crippen molar-refractivity contribution in [2.24, 2.45) is 5.92 Å². The second-order valence-electron chi connectivity index (χ2n) is 8.15.